The van der Waals surface area contributed by atoms with Crippen molar-refractivity contribution in [3.05, 3.63) is 30.3 Å². The first-order chi connectivity index (χ1) is 8.83. The summed E-state index contributed by atoms with van der Waals surface area (Å²) in [4.78, 5) is 0. The molecule has 4 atom stereocenters. The van der Waals surface area contributed by atoms with Gasteiger partial charge in [-0.1, -0.05) is 25.1 Å². The monoisotopic (exact) mass is 248 g/mol. The Kier molecular flexibility index (Phi) is 3.52. The van der Waals surface area contributed by atoms with Gasteiger partial charge in [-0.25, -0.2) is 0 Å². The van der Waals surface area contributed by atoms with Gasteiger partial charge in [-0.3, -0.25) is 0 Å². The van der Waals surface area contributed by atoms with Crippen molar-refractivity contribution in [2.45, 2.75) is 32.0 Å². The van der Waals surface area contributed by atoms with Gasteiger partial charge in [0, 0.05) is 0 Å². The first-order valence-electron chi connectivity index (χ1n) is 6.74. The van der Waals surface area contributed by atoms with E-state index in [1.165, 1.54) is 6.42 Å². The van der Waals surface area contributed by atoms with E-state index < -0.39 is 0 Å². The van der Waals surface area contributed by atoms with Gasteiger partial charge in [-0.15, -0.1) is 0 Å². The van der Waals surface area contributed by atoms with Crippen molar-refractivity contribution < 1.29 is 14.2 Å². The smallest absolute Gasteiger partial charge is 0.189 e. The molecule has 4 unspecified atom stereocenters. The lowest BCUT2D eigenvalue weighted by molar-refractivity contribution is -0.0155. The summed E-state index contributed by atoms with van der Waals surface area (Å²) in [5.41, 5.74) is 0. The molecule has 3 heteroatoms. The van der Waals surface area contributed by atoms with E-state index in [-0.39, 0.29) is 0 Å². The fraction of sp³-hybridized carbons (Fsp3) is 0.600. The molecule has 0 spiro atoms. The normalized spacial score (nSPS) is 33.8. The molecule has 1 aromatic rings. The molecule has 98 valence electrons. The molecule has 0 aromatic heterocycles. The number of benzene rings is 1. The van der Waals surface area contributed by atoms with E-state index in [1.54, 1.807) is 0 Å². The summed E-state index contributed by atoms with van der Waals surface area (Å²) in [5.74, 6) is 2.18. The number of epoxide rings is 1. The molecule has 2 aliphatic rings. The standard InChI is InChI=1S/C15H20O3/c1-11-7-14-15(18-14)8-12(11)9-16-10-17-13-5-3-2-4-6-13/h2-6,11-12,14-15H,7-10H2,1H3. The SMILES string of the molecule is CC1CC2OC2CC1COCOc1ccccc1. The molecule has 1 aliphatic heterocycles. The molecule has 3 rings (SSSR count). The maximum atomic E-state index is 5.64. The first-order valence-corrected chi connectivity index (χ1v) is 6.74. The van der Waals surface area contributed by atoms with Gasteiger partial charge in [0.1, 0.15) is 5.75 Å². The van der Waals surface area contributed by atoms with Crippen LogP contribution in [0.1, 0.15) is 19.8 Å². The van der Waals surface area contributed by atoms with Crippen LogP contribution in [0.5, 0.6) is 5.75 Å². The number of para-hydroxylation sites is 1. The summed E-state index contributed by atoms with van der Waals surface area (Å²) < 4.78 is 16.7. The second-order valence-corrected chi connectivity index (χ2v) is 5.37. The number of fused-ring (bicyclic) bond motifs is 1. The Balaban J connectivity index is 1.37. The highest BCUT2D eigenvalue weighted by Crippen LogP contribution is 2.42. The number of rotatable bonds is 5. The molecule has 0 N–H and O–H groups in total. The Bertz CT molecular complexity index is 379. The molecule has 1 aromatic carbocycles. The fourth-order valence-electron chi connectivity index (χ4n) is 2.74. The number of hydrogen-bond acceptors (Lipinski definition) is 3. The molecule has 0 radical (unpaired) electrons. The van der Waals surface area contributed by atoms with Gasteiger partial charge < -0.3 is 14.2 Å². The van der Waals surface area contributed by atoms with Crippen LogP contribution in [-0.2, 0) is 9.47 Å². The molecule has 2 fully saturated rings. The van der Waals surface area contributed by atoms with E-state index in [4.69, 9.17) is 14.2 Å². The lowest BCUT2D eigenvalue weighted by Gasteiger charge is -2.25. The lowest BCUT2D eigenvalue weighted by atomic mass is 9.81. The highest BCUT2D eigenvalue weighted by atomic mass is 16.7. The molecule has 1 saturated carbocycles. The molecule has 0 amide bonds. The maximum Gasteiger partial charge on any atom is 0.189 e. The summed E-state index contributed by atoms with van der Waals surface area (Å²) in [7, 11) is 0. The molecule has 18 heavy (non-hydrogen) atoms. The molecule has 3 nitrogen and oxygen atoms in total. The van der Waals surface area contributed by atoms with Crippen molar-refractivity contribution >= 4 is 0 Å². The van der Waals surface area contributed by atoms with Gasteiger partial charge in [0.05, 0.1) is 18.8 Å². The van der Waals surface area contributed by atoms with Crippen LogP contribution in [0.25, 0.3) is 0 Å². The van der Waals surface area contributed by atoms with Gasteiger partial charge in [0.2, 0.25) is 0 Å². The summed E-state index contributed by atoms with van der Waals surface area (Å²) in [5, 5.41) is 0. The first kappa shape index (κ1) is 12.0. The van der Waals surface area contributed by atoms with Gasteiger partial charge in [0.25, 0.3) is 0 Å². The molecule has 1 saturated heterocycles. The third-order valence-electron chi connectivity index (χ3n) is 4.02. The van der Waals surface area contributed by atoms with Crippen LogP contribution in [0.2, 0.25) is 0 Å². The minimum atomic E-state index is 0.336. The Morgan fingerprint density at radius 1 is 1.17 bits per heavy atom. The van der Waals surface area contributed by atoms with Gasteiger partial charge in [0.15, 0.2) is 6.79 Å². The third kappa shape index (κ3) is 2.85. The lowest BCUT2D eigenvalue weighted by Crippen LogP contribution is -2.26. The number of hydrogen-bond donors (Lipinski definition) is 0. The predicted octanol–water partition coefficient (Wildman–Crippen LogP) is 2.85. The van der Waals surface area contributed by atoms with Crippen molar-refractivity contribution in [3.63, 3.8) is 0 Å². The van der Waals surface area contributed by atoms with Gasteiger partial charge in [-0.05, 0) is 36.8 Å². The highest BCUT2D eigenvalue weighted by Gasteiger charge is 2.46. The largest absolute Gasteiger partial charge is 0.468 e. The Labute approximate surface area is 108 Å². The van der Waals surface area contributed by atoms with Crippen LogP contribution in [0.3, 0.4) is 0 Å². The van der Waals surface area contributed by atoms with Crippen LogP contribution in [0.4, 0.5) is 0 Å². The number of ether oxygens (including phenoxy) is 3. The van der Waals surface area contributed by atoms with Crippen molar-refractivity contribution in [1.82, 2.24) is 0 Å². The molecule has 1 heterocycles. The van der Waals surface area contributed by atoms with Crippen molar-refractivity contribution in [1.29, 1.82) is 0 Å². The van der Waals surface area contributed by atoms with E-state index >= 15 is 0 Å². The molecule has 0 bridgehead atoms. The second-order valence-electron chi connectivity index (χ2n) is 5.37. The summed E-state index contributed by atoms with van der Waals surface area (Å²) in [6, 6.07) is 9.78. The summed E-state index contributed by atoms with van der Waals surface area (Å²) in [6.45, 7) is 3.41. The summed E-state index contributed by atoms with van der Waals surface area (Å²) in [6.07, 6.45) is 3.41. The molecular formula is C15H20O3. The summed E-state index contributed by atoms with van der Waals surface area (Å²) >= 11 is 0. The van der Waals surface area contributed by atoms with E-state index in [1.807, 2.05) is 30.3 Å². The maximum absolute atomic E-state index is 5.64. The Morgan fingerprint density at radius 2 is 1.94 bits per heavy atom. The van der Waals surface area contributed by atoms with Crippen LogP contribution >= 0.6 is 0 Å². The Hall–Kier alpha value is -1.06. The average Bonchev–Trinajstić information content (AvgIpc) is 3.13. The third-order valence-corrected chi connectivity index (χ3v) is 4.02. The topological polar surface area (TPSA) is 31.0 Å². The fourth-order valence-corrected chi connectivity index (χ4v) is 2.74. The van der Waals surface area contributed by atoms with E-state index in [2.05, 4.69) is 6.92 Å². The predicted molar refractivity (Wildman–Crippen MR) is 68.4 cm³/mol. The minimum absolute atomic E-state index is 0.336. The van der Waals surface area contributed by atoms with Crippen molar-refractivity contribution in [3.8, 4) is 5.75 Å². The zero-order chi connectivity index (χ0) is 12.4. The quantitative estimate of drug-likeness (QED) is 0.456. The van der Waals surface area contributed by atoms with Gasteiger partial charge >= 0.3 is 0 Å². The highest BCUT2D eigenvalue weighted by molar-refractivity contribution is 5.20. The average molecular weight is 248 g/mol. The van der Waals surface area contributed by atoms with E-state index in [0.717, 1.165) is 18.8 Å². The van der Waals surface area contributed by atoms with Crippen molar-refractivity contribution in [2.75, 3.05) is 13.4 Å². The van der Waals surface area contributed by atoms with Crippen molar-refractivity contribution in [2.24, 2.45) is 11.8 Å². The second kappa shape index (κ2) is 5.29. The van der Waals surface area contributed by atoms with E-state index in [9.17, 15) is 0 Å². The van der Waals surface area contributed by atoms with Crippen LogP contribution in [0, 0.1) is 11.8 Å². The zero-order valence-electron chi connectivity index (χ0n) is 10.7. The van der Waals surface area contributed by atoms with Crippen LogP contribution < -0.4 is 4.74 Å². The van der Waals surface area contributed by atoms with Crippen LogP contribution in [0.15, 0.2) is 30.3 Å². The zero-order valence-corrected chi connectivity index (χ0v) is 10.7. The molecule has 1 aliphatic carbocycles. The molecular weight excluding hydrogens is 228 g/mol. The van der Waals surface area contributed by atoms with E-state index in [0.29, 0.717) is 30.8 Å². The Morgan fingerprint density at radius 3 is 2.78 bits per heavy atom. The van der Waals surface area contributed by atoms with Crippen LogP contribution in [-0.4, -0.2) is 25.6 Å². The minimum Gasteiger partial charge on any atom is -0.468 e. The van der Waals surface area contributed by atoms with Gasteiger partial charge in [-0.2, -0.15) is 0 Å².